The number of aromatic amines is 1. The predicted octanol–water partition coefficient (Wildman–Crippen LogP) is 4.87. The molecule has 0 saturated heterocycles. The number of hydrogen-bond donors (Lipinski definition) is 2. The summed E-state index contributed by atoms with van der Waals surface area (Å²) in [6.07, 6.45) is 1.59. The molecule has 5 rings (SSSR count). The zero-order chi connectivity index (χ0) is 23.7. The maximum Gasteiger partial charge on any atom is 0.235 e. The van der Waals surface area contributed by atoms with Crippen LogP contribution in [0.4, 0.5) is 5.69 Å². The maximum atomic E-state index is 13.3. The van der Waals surface area contributed by atoms with E-state index < -0.39 is 5.41 Å². The number of H-pyrrole nitrogens is 1. The monoisotopic (exact) mass is 475 g/mol. The van der Waals surface area contributed by atoms with Gasteiger partial charge in [0.05, 0.1) is 19.6 Å². The van der Waals surface area contributed by atoms with E-state index in [-0.39, 0.29) is 5.91 Å². The number of tetrazole rings is 1. The van der Waals surface area contributed by atoms with Crippen LogP contribution in [0.2, 0.25) is 5.02 Å². The number of anilines is 1. The van der Waals surface area contributed by atoms with Crippen molar-refractivity contribution >= 4 is 23.2 Å². The minimum Gasteiger partial charge on any atom is -0.493 e. The third-order valence-electron chi connectivity index (χ3n) is 6.15. The van der Waals surface area contributed by atoms with Crippen LogP contribution < -0.4 is 14.8 Å². The molecule has 0 atom stereocenters. The van der Waals surface area contributed by atoms with Crippen LogP contribution in [0.15, 0.2) is 60.7 Å². The standard InChI is InChI=1S/C25H22ClN5O3/c1-33-21-10-3-15(13-22(21)34-2)19-9-8-18(14-20(19)23-28-30-31-29-23)27-24(32)25(11-12-25)16-4-6-17(26)7-5-16/h3-10,13-14H,11-12H2,1-2H3,(H,27,32)(H,28,29,30,31). The Morgan fingerprint density at radius 2 is 1.74 bits per heavy atom. The molecule has 172 valence electrons. The van der Waals surface area contributed by atoms with Crippen LogP contribution in [0.5, 0.6) is 11.5 Å². The van der Waals surface area contributed by atoms with Crippen molar-refractivity contribution < 1.29 is 14.3 Å². The van der Waals surface area contributed by atoms with Crippen molar-refractivity contribution in [2.45, 2.75) is 18.3 Å². The van der Waals surface area contributed by atoms with Crippen LogP contribution in [0.1, 0.15) is 18.4 Å². The Balaban J connectivity index is 1.49. The van der Waals surface area contributed by atoms with Crippen molar-refractivity contribution in [1.29, 1.82) is 0 Å². The first-order chi connectivity index (χ1) is 16.5. The molecule has 3 aromatic carbocycles. The van der Waals surface area contributed by atoms with Crippen LogP contribution in [-0.4, -0.2) is 40.8 Å². The van der Waals surface area contributed by atoms with Crippen molar-refractivity contribution in [3.05, 3.63) is 71.2 Å². The van der Waals surface area contributed by atoms with Gasteiger partial charge in [0.2, 0.25) is 5.91 Å². The molecule has 0 radical (unpaired) electrons. The number of aromatic nitrogens is 4. The van der Waals surface area contributed by atoms with Crippen LogP contribution in [-0.2, 0) is 10.2 Å². The Morgan fingerprint density at radius 1 is 0.971 bits per heavy atom. The van der Waals surface area contributed by atoms with E-state index in [1.54, 1.807) is 14.2 Å². The van der Waals surface area contributed by atoms with Gasteiger partial charge in [-0.15, -0.1) is 5.10 Å². The Morgan fingerprint density at radius 3 is 2.38 bits per heavy atom. The summed E-state index contributed by atoms with van der Waals surface area (Å²) in [4.78, 5) is 13.3. The van der Waals surface area contributed by atoms with Crippen LogP contribution >= 0.6 is 11.6 Å². The van der Waals surface area contributed by atoms with Gasteiger partial charge in [-0.3, -0.25) is 4.79 Å². The SMILES string of the molecule is COc1ccc(-c2ccc(NC(=O)C3(c4ccc(Cl)cc4)CC3)cc2-c2nnn[nH]2)cc1OC. The van der Waals surface area contributed by atoms with Gasteiger partial charge >= 0.3 is 0 Å². The summed E-state index contributed by atoms with van der Waals surface area (Å²) in [5, 5.41) is 18.1. The second-order valence-electron chi connectivity index (χ2n) is 8.12. The quantitative estimate of drug-likeness (QED) is 0.395. The van der Waals surface area contributed by atoms with E-state index in [4.69, 9.17) is 21.1 Å². The number of nitrogens with one attached hydrogen (secondary N) is 2. The number of ether oxygens (including phenoxy) is 2. The lowest BCUT2D eigenvalue weighted by atomic mass is 9.94. The molecule has 0 bridgehead atoms. The molecule has 34 heavy (non-hydrogen) atoms. The van der Waals surface area contributed by atoms with E-state index in [1.807, 2.05) is 60.7 Å². The van der Waals surface area contributed by atoms with Gasteiger partial charge in [-0.1, -0.05) is 35.9 Å². The normalized spacial score (nSPS) is 13.9. The fourth-order valence-corrected chi connectivity index (χ4v) is 4.26. The lowest BCUT2D eigenvalue weighted by molar-refractivity contribution is -0.118. The number of benzene rings is 3. The molecule has 1 saturated carbocycles. The molecule has 1 aliphatic carbocycles. The number of rotatable bonds is 7. The average molecular weight is 476 g/mol. The Hall–Kier alpha value is -3.91. The van der Waals surface area contributed by atoms with Crippen molar-refractivity contribution in [1.82, 2.24) is 20.6 Å². The smallest absolute Gasteiger partial charge is 0.235 e. The fraction of sp³-hybridized carbons (Fsp3) is 0.200. The zero-order valence-corrected chi connectivity index (χ0v) is 19.4. The Labute approximate surface area is 201 Å². The molecular formula is C25H22ClN5O3. The molecule has 0 aliphatic heterocycles. The third-order valence-corrected chi connectivity index (χ3v) is 6.41. The second-order valence-corrected chi connectivity index (χ2v) is 8.56. The van der Waals surface area contributed by atoms with Gasteiger partial charge in [0.15, 0.2) is 17.3 Å². The number of halogens is 1. The summed E-state index contributed by atoms with van der Waals surface area (Å²) < 4.78 is 10.8. The van der Waals surface area contributed by atoms with Gasteiger partial charge in [-0.25, -0.2) is 5.10 Å². The molecule has 1 aliphatic rings. The summed E-state index contributed by atoms with van der Waals surface area (Å²) in [6.45, 7) is 0. The van der Waals surface area contributed by atoms with Crippen molar-refractivity contribution in [2.75, 3.05) is 19.5 Å². The van der Waals surface area contributed by atoms with Crippen LogP contribution in [0.3, 0.4) is 0 Å². The summed E-state index contributed by atoms with van der Waals surface area (Å²) in [6, 6.07) is 18.8. The van der Waals surface area contributed by atoms with E-state index in [0.29, 0.717) is 28.0 Å². The van der Waals surface area contributed by atoms with E-state index in [0.717, 1.165) is 35.1 Å². The van der Waals surface area contributed by atoms with E-state index in [9.17, 15) is 4.79 Å². The summed E-state index contributed by atoms with van der Waals surface area (Å²) in [5.74, 6) is 1.68. The highest BCUT2D eigenvalue weighted by Crippen LogP contribution is 2.49. The van der Waals surface area contributed by atoms with E-state index in [2.05, 4.69) is 25.9 Å². The first kappa shape index (κ1) is 21.9. The first-order valence-electron chi connectivity index (χ1n) is 10.7. The van der Waals surface area contributed by atoms with Gasteiger partial charge in [0.25, 0.3) is 0 Å². The Bertz CT molecular complexity index is 1340. The molecule has 1 amide bonds. The van der Waals surface area contributed by atoms with Gasteiger partial charge in [0, 0.05) is 16.3 Å². The molecule has 0 spiro atoms. The van der Waals surface area contributed by atoms with Gasteiger partial charge in [0.1, 0.15) is 0 Å². The fourth-order valence-electron chi connectivity index (χ4n) is 4.14. The van der Waals surface area contributed by atoms with E-state index in [1.165, 1.54) is 0 Å². The van der Waals surface area contributed by atoms with Gasteiger partial charge in [-0.05, 0) is 76.4 Å². The molecule has 9 heteroatoms. The minimum atomic E-state index is -0.527. The summed E-state index contributed by atoms with van der Waals surface area (Å²) in [5.41, 5.74) is 3.60. The number of methoxy groups -OCH3 is 2. The minimum absolute atomic E-state index is 0.0460. The molecule has 0 unspecified atom stereocenters. The highest BCUT2D eigenvalue weighted by molar-refractivity contribution is 6.30. The molecular weight excluding hydrogens is 454 g/mol. The average Bonchev–Trinajstić information content (AvgIpc) is 3.50. The molecule has 2 N–H and O–H groups in total. The Kier molecular flexibility index (Phi) is 5.67. The summed E-state index contributed by atoms with van der Waals surface area (Å²) >= 11 is 6.02. The maximum absolute atomic E-state index is 13.3. The number of carbonyl (C=O) groups excluding carboxylic acids is 1. The zero-order valence-electron chi connectivity index (χ0n) is 18.6. The highest BCUT2D eigenvalue weighted by Gasteiger charge is 2.51. The second kappa shape index (κ2) is 8.79. The molecule has 8 nitrogen and oxygen atoms in total. The number of carbonyl (C=O) groups is 1. The largest absolute Gasteiger partial charge is 0.493 e. The van der Waals surface area contributed by atoms with Crippen molar-refractivity contribution in [2.24, 2.45) is 0 Å². The summed E-state index contributed by atoms with van der Waals surface area (Å²) in [7, 11) is 3.19. The van der Waals surface area contributed by atoms with Crippen molar-refractivity contribution in [3.63, 3.8) is 0 Å². The van der Waals surface area contributed by atoms with Crippen LogP contribution in [0.25, 0.3) is 22.5 Å². The number of nitrogens with zero attached hydrogens (tertiary/aromatic N) is 3. The molecule has 1 aromatic heterocycles. The molecule has 1 fully saturated rings. The lowest BCUT2D eigenvalue weighted by Crippen LogP contribution is -2.27. The molecule has 4 aromatic rings. The first-order valence-corrected chi connectivity index (χ1v) is 11.1. The van der Waals surface area contributed by atoms with Gasteiger partial charge in [-0.2, -0.15) is 0 Å². The highest BCUT2D eigenvalue weighted by atomic mass is 35.5. The number of amides is 1. The lowest BCUT2D eigenvalue weighted by Gasteiger charge is -2.17. The number of hydrogen-bond acceptors (Lipinski definition) is 6. The van der Waals surface area contributed by atoms with E-state index >= 15 is 0 Å². The topological polar surface area (TPSA) is 102 Å². The van der Waals surface area contributed by atoms with Crippen LogP contribution in [0, 0.1) is 0 Å². The van der Waals surface area contributed by atoms with Crippen molar-refractivity contribution in [3.8, 4) is 34.0 Å². The third kappa shape index (κ3) is 3.97. The predicted molar refractivity (Wildman–Crippen MR) is 129 cm³/mol. The van der Waals surface area contributed by atoms with Gasteiger partial charge < -0.3 is 14.8 Å². The molecule has 1 heterocycles.